The Morgan fingerprint density at radius 2 is 1.90 bits per heavy atom. The number of aromatic nitrogens is 3. The molecule has 30 heavy (non-hydrogen) atoms. The molecule has 0 saturated carbocycles. The minimum atomic E-state index is -0.920. The first-order chi connectivity index (χ1) is 14.4. The predicted octanol–water partition coefficient (Wildman–Crippen LogP) is 2.48. The van der Waals surface area contributed by atoms with Gasteiger partial charge in [-0.3, -0.25) is 9.59 Å². The lowest BCUT2D eigenvalue weighted by Gasteiger charge is -2.08. The summed E-state index contributed by atoms with van der Waals surface area (Å²) in [6, 6.07) is 7.74. The quantitative estimate of drug-likeness (QED) is 0.663. The highest BCUT2D eigenvalue weighted by Crippen LogP contribution is 2.34. The van der Waals surface area contributed by atoms with Crippen molar-refractivity contribution in [3.63, 3.8) is 0 Å². The largest absolute Gasteiger partial charge is 0.454 e. The maximum Gasteiger partial charge on any atom is 0.278 e. The van der Waals surface area contributed by atoms with Gasteiger partial charge < -0.3 is 20.1 Å². The Morgan fingerprint density at radius 1 is 1.10 bits per heavy atom. The lowest BCUT2D eigenvalue weighted by atomic mass is 10.2. The number of ether oxygens (including phenoxy) is 2. The summed E-state index contributed by atoms with van der Waals surface area (Å²) in [5, 5.41) is 12.5. The number of hydrogen-bond acceptors (Lipinski definition) is 6. The van der Waals surface area contributed by atoms with Crippen LogP contribution in [0.1, 0.15) is 16.2 Å². The molecule has 4 rings (SSSR count). The highest BCUT2D eigenvalue weighted by atomic mass is 19.1. The van der Waals surface area contributed by atoms with Gasteiger partial charge in [-0.15, -0.1) is 5.10 Å². The van der Waals surface area contributed by atoms with E-state index in [1.165, 1.54) is 4.68 Å². The number of fused-ring (bicyclic) bond motifs is 1. The maximum atomic E-state index is 13.7. The van der Waals surface area contributed by atoms with Crippen LogP contribution in [0.2, 0.25) is 0 Å². The van der Waals surface area contributed by atoms with Gasteiger partial charge in [0.2, 0.25) is 12.7 Å². The van der Waals surface area contributed by atoms with Crippen molar-refractivity contribution in [1.29, 1.82) is 0 Å². The lowest BCUT2D eigenvalue weighted by Crippen LogP contribution is -2.21. The second kappa shape index (κ2) is 7.78. The number of nitrogens with zero attached hydrogens (tertiary/aromatic N) is 3. The molecule has 0 bridgehead atoms. The molecule has 0 spiro atoms. The first-order valence-corrected chi connectivity index (χ1v) is 8.76. The number of hydrogen-bond donors (Lipinski definition) is 2. The number of carbonyl (C=O) groups is 2. The maximum absolute atomic E-state index is 13.7. The van der Waals surface area contributed by atoms with Gasteiger partial charge in [0.1, 0.15) is 18.2 Å². The van der Waals surface area contributed by atoms with Crippen molar-refractivity contribution in [2.75, 3.05) is 17.4 Å². The number of anilines is 2. The summed E-state index contributed by atoms with van der Waals surface area (Å²) in [6.45, 7) is 1.47. The van der Waals surface area contributed by atoms with Gasteiger partial charge in [-0.25, -0.2) is 13.5 Å². The molecule has 1 aliphatic heterocycles. The number of halogens is 2. The number of benzene rings is 2. The van der Waals surface area contributed by atoms with Crippen molar-refractivity contribution in [2.45, 2.75) is 13.5 Å². The van der Waals surface area contributed by atoms with Crippen LogP contribution in [-0.2, 0) is 11.3 Å². The Balaban J connectivity index is 1.42. The molecule has 3 aromatic rings. The van der Waals surface area contributed by atoms with Crippen LogP contribution in [0.15, 0.2) is 36.4 Å². The van der Waals surface area contributed by atoms with Crippen molar-refractivity contribution in [2.24, 2.45) is 0 Å². The SMILES string of the molecule is Cc1c(C(=O)Nc2ccc(F)cc2F)nnn1CC(=O)Nc1ccc2c(c1)OCO2. The molecule has 2 heterocycles. The molecular weight excluding hydrogens is 400 g/mol. The van der Waals surface area contributed by atoms with Crippen molar-refractivity contribution < 1.29 is 27.8 Å². The molecule has 11 heteroatoms. The van der Waals surface area contributed by atoms with Crippen molar-refractivity contribution >= 4 is 23.2 Å². The smallest absolute Gasteiger partial charge is 0.278 e. The second-order valence-corrected chi connectivity index (χ2v) is 6.38. The van der Waals surface area contributed by atoms with E-state index in [9.17, 15) is 18.4 Å². The summed E-state index contributed by atoms with van der Waals surface area (Å²) in [5.74, 6) is -1.71. The summed E-state index contributed by atoms with van der Waals surface area (Å²) in [7, 11) is 0. The first-order valence-electron chi connectivity index (χ1n) is 8.76. The normalized spacial score (nSPS) is 12.0. The Bertz CT molecular complexity index is 1150. The number of carbonyl (C=O) groups excluding carboxylic acids is 2. The summed E-state index contributed by atoms with van der Waals surface area (Å²) in [4.78, 5) is 24.7. The summed E-state index contributed by atoms with van der Waals surface area (Å²) < 4.78 is 38.4. The lowest BCUT2D eigenvalue weighted by molar-refractivity contribution is -0.117. The highest BCUT2D eigenvalue weighted by Gasteiger charge is 2.20. The van der Waals surface area contributed by atoms with E-state index >= 15 is 0 Å². The minimum Gasteiger partial charge on any atom is -0.454 e. The topological polar surface area (TPSA) is 107 Å². The first kappa shape index (κ1) is 19.3. The Hall–Kier alpha value is -4.02. The van der Waals surface area contributed by atoms with Gasteiger partial charge in [-0.1, -0.05) is 5.21 Å². The van der Waals surface area contributed by atoms with Crippen molar-refractivity contribution in [1.82, 2.24) is 15.0 Å². The fourth-order valence-electron chi connectivity index (χ4n) is 2.80. The molecule has 0 saturated heterocycles. The van der Waals surface area contributed by atoms with Crippen molar-refractivity contribution in [3.8, 4) is 11.5 Å². The van der Waals surface area contributed by atoms with E-state index in [4.69, 9.17) is 9.47 Å². The van der Waals surface area contributed by atoms with Crippen LogP contribution in [0.5, 0.6) is 11.5 Å². The van der Waals surface area contributed by atoms with E-state index in [-0.39, 0.29) is 24.7 Å². The molecule has 1 aliphatic rings. The van der Waals surface area contributed by atoms with Crippen LogP contribution in [0, 0.1) is 18.6 Å². The number of amides is 2. The van der Waals surface area contributed by atoms with Gasteiger partial charge in [0.25, 0.3) is 5.91 Å². The monoisotopic (exact) mass is 415 g/mol. The molecule has 0 fully saturated rings. The van der Waals surface area contributed by atoms with Crippen LogP contribution in [0.3, 0.4) is 0 Å². The van der Waals surface area contributed by atoms with E-state index in [1.54, 1.807) is 25.1 Å². The van der Waals surface area contributed by atoms with Gasteiger partial charge in [0, 0.05) is 17.8 Å². The minimum absolute atomic E-state index is 0.0883. The molecule has 0 unspecified atom stereocenters. The molecule has 0 aliphatic carbocycles. The molecule has 0 radical (unpaired) electrons. The number of rotatable bonds is 5. The van der Waals surface area contributed by atoms with Crippen LogP contribution in [0.4, 0.5) is 20.2 Å². The van der Waals surface area contributed by atoms with Crippen molar-refractivity contribution in [3.05, 3.63) is 59.4 Å². The molecule has 2 aromatic carbocycles. The van der Waals surface area contributed by atoms with E-state index in [0.717, 1.165) is 12.1 Å². The number of nitrogens with one attached hydrogen (secondary N) is 2. The van der Waals surface area contributed by atoms with Crippen LogP contribution >= 0.6 is 0 Å². The van der Waals surface area contributed by atoms with Gasteiger partial charge in [0.15, 0.2) is 17.2 Å². The third kappa shape index (κ3) is 3.90. The van der Waals surface area contributed by atoms with E-state index in [0.29, 0.717) is 28.9 Å². The van der Waals surface area contributed by atoms with Crippen LogP contribution in [0.25, 0.3) is 0 Å². The average Bonchev–Trinajstić information content (AvgIpc) is 3.30. The predicted molar refractivity (Wildman–Crippen MR) is 100 cm³/mol. The van der Waals surface area contributed by atoms with Gasteiger partial charge >= 0.3 is 0 Å². The molecule has 2 N–H and O–H groups in total. The highest BCUT2D eigenvalue weighted by molar-refractivity contribution is 6.03. The third-order valence-corrected chi connectivity index (χ3v) is 4.33. The summed E-state index contributed by atoms with van der Waals surface area (Å²) in [6.07, 6.45) is 0. The molecule has 0 atom stereocenters. The third-order valence-electron chi connectivity index (χ3n) is 4.33. The van der Waals surface area contributed by atoms with E-state index < -0.39 is 23.4 Å². The van der Waals surface area contributed by atoms with E-state index in [1.807, 2.05) is 0 Å². The summed E-state index contributed by atoms with van der Waals surface area (Å²) >= 11 is 0. The van der Waals surface area contributed by atoms with E-state index in [2.05, 4.69) is 20.9 Å². The molecule has 2 amide bonds. The fourth-order valence-corrected chi connectivity index (χ4v) is 2.80. The average molecular weight is 415 g/mol. The molecular formula is C19H15F2N5O4. The Morgan fingerprint density at radius 3 is 2.70 bits per heavy atom. The molecule has 1 aromatic heterocycles. The van der Waals surface area contributed by atoms with Gasteiger partial charge in [0.05, 0.1) is 11.4 Å². The van der Waals surface area contributed by atoms with Gasteiger partial charge in [-0.2, -0.15) is 0 Å². The van der Waals surface area contributed by atoms with Crippen LogP contribution in [-0.4, -0.2) is 33.6 Å². The second-order valence-electron chi connectivity index (χ2n) is 6.38. The van der Waals surface area contributed by atoms with Gasteiger partial charge in [-0.05, 0) is 31.2 Å². The standard InChI is InChI=1S/C19H15F2N5O4/c1-10-18(19(28)23-14-4-2-11(20)6-13(14)21)24-25-26(10)8-17(27)22-12-3-5-15-16(7-12)30-9-29-15/h2-7H,8-9H2,1H3,(H,22,27)(H,23,28). The Kier molecular flexibility index (Phi) is 5.00. The zero-order chi connectivity index (χ0) is 21.3. The zero-order valence-corrected chi connectivity index (χ0v) is 15.6. The zero-order valence-electron chi connectivity index (χ0n) is 15.6. The molecule has 154 valence electrons. The summed E-state index contributed by atoms with van der Waals surface area (Å²) in [5.41, 5.74) is 0.521. The fraction of sp³-hybridized carbons (Fsp3) is 0.158. The van der Waals surface area contributed by atoms with Crippen LogP contribution < -0.4 is 20.1 Å². The Labute approximate surface area is 168 Å². The molecule has 9 nitrogen and oxygen atoms in total.